The molecule has 0 heterocycles. The highest BCUT2D eigenvalue weighted by molar-refractivity contribution is 5.41. The third-order valence-electron chi connectivity index (χ3n) is 9.03. The fraction of sp³-hybridized carbons (Fsp3) is 0.714. The average Bonchev–Trinajstić information content (AvgIpc) is 3.01. The highest BCUT2D eigenvalue weighted by Gasteiger charge is 2.61. The Labute approximate surface area is 189 Å². The number of hydrogen-bond donors (Lipinski definition) is 1. The predicted molar refractivity (Wildman–Crippen MR) is 127 cm³/mol. The Hall–Kier alpha value is -1.50. The molecule has 31 heavy (non-hydrogen) atoms. The van der Waals surface area contributed by atoms with Crippen molar-refractivity contribution in [3.05, 3.63) is 29.3 Å². The Kier molecular flexibility index (Phi) is 6.18. The molecule has 1 aromatic rings. The molecule has 3 heteroatoms. The summed E-state index contributed by atoms with van der Waals surface area (Å²) in [6.07, 6.45) is 12.1. The van der Waals surface area contributed by atoms with Gasteiger partial charge >= 0.3 is 0 Å². The minimum absolute atomic E-state index is 0.123. The van der Waals surface area contributed by atoms with Crippen LogP contribution in [0.1, 0.15) is 83.8 Å². The van der Waals surface area contributed by atoms with Gasteiger partial charge in [-0.15, -0.1) is 6.42 Å². The maximum Gasteiger partial charge on any atom is 0.130 e. The topological polar surface area (TPSA) is 32.7 Å². The van der Waals surface area contributed by atoms with Crippen LogP contribution >= 0.6 is 0 Å². The maximum atomic E-state index is 11.1. The minimum Gasteiger partial charge on any atom is -0.492 e. The van der Waals surface area contributed by atoms with E-state index in [1.165, 1.54) is 17.5 Å². The SMILES string of the molecule is C#C[C@]1(O)CCC2C3CCc4cc(OCCN(C(C)C)C(C)C)ccc4C3CC[C@@]21C. The molecule has 0 saturated heterocycles. The summed E-state index contributed by atoms with van der Waals surface area (Å²) in [5, 5.41) is 11.1. The third kappa shape index (κ3) is 3.81. The van der Waals surface area contributed by atoms with E-state index in [2.05, 4.69) is 63.6 Å². The molecule has 2 fully saturated rings. The molecule has 3 aliphatic rings. The van der Waals surface area contributed by atoms with Gasteiger partial charge in [0, 0.05) is 24.0 Å². The van der Waals surface area contributed by atoms with Gasteiger partial charge in [-0.2, -0.15) is 0 Å². The van der Waals surface area contributed by atoms with Crippen LogP contribution in [0.15, 0.2) is 18.2 Å². The molecule has 0 aliphatic heterocycles. The van der Waals surface area contributed by atoms with Crippen molar-refractivity contribution in [3.8, 4) is 18.1 Å². The Morgan fingerprint density at radius 2 is 1.90 bits per heavy atom. The summed E-state index contributed by atoms with van der Waals surface area (Å²) in [4.78, 5) is 2.47. The third-order valence-corrected chi connectivity index (χ3v) is 9.03. The van der Waals surface area contributed by atoms with Gasteiger partial charge in [0.2, 0.25) is 0 Å². The molecule has 1 aromatic carbocycles. The second-order valence-corrected chi connectivity index (χ2v) is 11.0. The number of aliphatic hydroxyl groups is 1. The standard InChI is InChI=1S/C28H41NO2/c1-7-28(30)15-13-26-25-10-8-21-18-22(31-17-16-29(19(2)3)20(4)5)9-11-23(21)24(25)12-14-27(26,28)6/h1,9,11,18-20,24-26,30H,8,10,12-17H2,2-6H3/t24?,25?,26?,27-,28-/m0/s1. The summed E-state index contributed by atoms with van der Waals surface area (Å²) in [6.45, 7) is 12.9. The average molecular weight is 424 g/mol. The van der Waals surface area contributed by atoms with Crippen LogP contribution in [-0.4, -0.2) is 40.8 Å². The lowest BCUT2D eigenvalue weighted by atomic mass is 9.53. The number of fused-ring (bicyclic) bond motifs is 5. The predicted octanol–water partition coefficient (Wildman–Crippen LogP) is 5.40. The van der Waals surface area contributed by atoms with Crippen LogP contribution in [0.2, 0.25) is 0 Å². The van der Waals surface area contributed by atoms with E-state index < -0.39 is 5.60 Å². The normalized spacial score (nSPS) is 34.4. The molecule has 0 aromatic heterocycles. The first-order chi connectivity index (χ1) is 14.7. The van der Waals surface area contributed by atoms with Gasteiger partial charge in [0.15, 0.2) is 0 Å². The Bertz CT molecular complexity index is 832. The van der Waals surface area contributed by atoms with E-state index in [1.807, 2.05) is 0 Å². The van der Waals surface area contributed by atoms with E-state index in [1.54, 1.807) is 0 Å². The number of rotatable bonds is 6. The number of nitrogens with zero attached hydrogens (tertiary/aromatic N) is 1. The smallest absolute Gasteiger partial charge is 0.130 e. The van der Waals surface area contributed by atoms with Crippen LogP contribution < -0.4 is 4.74 Å². The van der Waals surface area contributed by atoms with Crippen LogP contribution in [0.4, 0.5) is 0 Å². The fourth-order valence-corrected chi connectivity index (χ4v) is 7.28. The number of aryl methyl sites for hydroxylation is 1. The molecule has 3 nitrogen and oxygen atoms in total. The van der Waals surface area contributed by atoms with E-state index in [9.17, 15) is 5.11 Å². The molecule has 2 saturated carbocycles. The van der Waals surface area contributed by atoms with Crippen molar-refractivity contribution >= 4 is 0 Å². The van der Waals surface area contributed by atoms with Crippen molar-refractivity contribution in [2.24, 2.45) is 17.3 Å². The minimum atomic E-state index is -0.916. The Balaban J connectivity index is 1.45. The molecule has 5 atom stereocenters. The molecule has 0 amide bonds. The lowest BCUT2D eigenvalue weighted by Gasteiger charge is -2.52. The summed E-state index contributed by atoms with van der Waals surface area (Å²) in [5.74, 6) is 5.57. The largest absolute Gasteiger partial charge is 0.492 e. The van der Waals surface area contributed by atoms with Crippen molar-refractivity contribution in [2.45, 2.75) is 96.7 Å². The highest BCUT2D eigenvalue weighted by Crippen LogP contribution is 2.64. The van der Waals surface area contributed by atoms with Gasteiger partial charge in [0.25, 0.3) is 0 Å². The van der Waals surface area contributed by atoms with Gasteiger partial charge in [0.1, 0.15) is 18.0 Å². The number of benzene rings is 1. The highest BCUT2D eigenvalue weighted by atomic mass is 16.5. The van der Waals surface area contributed by atoms with Gasteiger partial charge in [0.05, 0.1) is 0 Å². The molecule has 4 rings (SSSR count). The van der Waals surface area contributed by atoms with E-state index >= 15 is 0 Å². The molecule has 0 bridgehead atoms. The number of ether oxygens (including phenoxy) is 1. The summed E-state index contributed by atoms with van der Waals surface area (Å²) in [6, 6.07) is 7.86. The second kappa shape index (κ2) is 8.45. The van der Waals surface area contributed by atoms with Crippen molar-refractivity contribution in [1.82, 2.24) is 4.90 Å². The van der Waals surface area contributed by atoms with Gasteiger partial charge in [-0.25, -0.2) is 0 Å². The van der Waals surface area contributed by atoms with Crippen LogP contribution in [0.25, 0.3) is 0 Å². The fourth-order valence-electron chi connectivity index (χ4n) is 7.28. The van der Waals surface area contributed by atoms with Crippen LogP contribution in [0.3, 0.4) is 0 Å². The lowest BCUT2D eigenvalue weighted by molar-refractivity contribution is -0.0646. The molecule has 0 spiro atoms. The first-order valence-corrected chi connectivity index (χ1v) is 12.4. The van der Waals surface area contributed by atoms with Crippen molar-refractivity contribution in [3.63, 3.8) is 0 Å². The van der Waals surface area contributed by atoms with E-state index in [0.717, 1.165) is 51.0 Å². The zero-order valence-corrected chi connectivity index (χ0v) is 20.2. The number of terminal acetylenes is 1. The molecular weight excluding hydrogens is 382 g/mol. The summed E-state index contributed by atoms with van der Waals surface area (Å²) in [7, 11) is 0. The Morgan fingerprint density at radius 3 is 2.58 bits per heavy atom. The zero-order valence-electron chi connectivity index (χ0n) is 20.2. The lowest BCUT2D eigenvalue weighted by Crippen LogP contribution is -2.50. The van der Waals surface area contributed by atoms with Gasteiger partial charge in [-0.05, 0) is 107 Å². The van der Waals surface area contributed by atoms with Crippen LogP contribution in [0, 0.1) is 29.6 Å². The first-order valence-electron chi connectivity index (χ1n) is 12.4. The van der Waals surface area contributed by atoms with E-state index in [4.69, 9.17) is 11.2 Å². The van der Waals surface area contributed by atoms with Crippen molar-refractivity contribution in [2.75, 3.05) is 13.2 Å². The summed E-state index contributed by atoms with van der Waals surface area (Å²) in [5.41, 5.74) is 1.95. The summed E-state index contributed by atoms with van der Waals surface area (Å²) < 4.78 is 6.17. The van der Waals surface area contributed by atoms with Gasteiger partial charge < -0.3 is 9.84 Å². The van der Waals surface area contributed by atoms with E-state index in [0.29, 0.717) is 29.8 Å². The molecular formula is C28H41NO2. The molecule has 3 unspecified atom stereocenters. The number of hydrogen-bond acceptors (Lipinski definition) is 3. The van der Waals surface area contributed by atoms with Crippen LogP contribution in [-0.2, 0) is 6.42 Å². The Morgan fingerprint density at radius 1 is 1.16 bits per heavy atom. The quantitative estimate of drug-likeness (QED) is 0.622. The van der Waals surface area contributed by atoms with Crippen molar-refractivity contribution < 1.29 is 9.84 Å². The second-order valence-electron chi connectivity index (χ2n) is 11.0. The van der Waals surface area contributed by atoms with Crippen molar-refractivity contribution in [1.29, 1.82) is 0 Å². The maximum absolute atomic E-state index is 11.1. The summed E-state index contributed by atoms with van der Waals surface area (Å²) >= 11 is 0. The first kappa shape index (κ1) is 22.7. The van der Waals surface area contributed by atoms with Gasteiger partial charge in [-0.3, -0.25) is 4.90 Å². The molecule has 1 N–H and O–H groups in total. The zero-order chi connectivity index (χ0) is 22.4. The van der Waals surface area contributed by atoms with Crippen LogP contribution in [0.5, 0.6) is 5.75 Å². The monoisotopic (exact) mass is 423 g/mol. The molecule has 170 valence electrons. The van der Waals surface area contributed by atoms with E-state index in [-0.39, 0.29) is 5.41 Å². The molecule has 0 radical (unpaired) electrons. The van der Waals surface area contributed by atoms with Gasteiger partial charge in [-0.1, -0.05) is 18.9 Å². The molecule has 3 aliphatic carbocycles.